The Bertz CT molecular complexity index is 368. The highest BCUT2D eigenvalue weighted by atomic mass is 16.1. The fraction of sp³-hybridized carbons (Fsp3) is 0.500. The van der Waals surface area contributed by atoms with Crippen LogP contribution in [0.2, 0.25) is 0 Å². The van der Waals surface area contributed by atoms with Crippen LogP contribution in [0.4, 0.5) is 5.82 Å². The first-order valence-electron chi connectivity index (χ1n) is 5.92. The number of carbonyl (C=O) groups is 1. The molecule has 2 rings (SSSR count). The van der Waals surface area contributed by atoms with E-state index in [2.05, 4.69) is 14.8 Å². The van der Waals surface area contributed by atoms with Gasteiger partial charge in [0.15, 0.2) is 0 Å². The summed E-state index contributed by atoms with van der Waals surface area (Å²) in [5.74, 6) is 0.754. The zero-order valence-corrected chi connectivity index (χ0v) is 9.88. The van der Waals surface area contributed by atoms with Crippen molar-refractivity contribution in [2.75, 3.05) is 37.6 Å². The van der Waals surface area contributed by atoms with Crippen LogP contribution in [0.25, 0.3) is 0 Å². The Morgan fingerprint density at radius 2 is 2.18 bits per heavy atom. The Kier molecular flexibility index (Phi) is 3.93. The van der Waals surface area contributed by atoms with Gasteiger partial charge in [-0.25, -0.2) is 4.98 Å². The fourth-order valence-electron chi connectivity index (χ4n) is 2.12. The number of nitrogens with zero attached hydrogens (tertiary/aromatic N) is 3. The predicted octanol–water partition coefficient (Wildman–Crippen LogP) is 0.0790. The number of rotatable bonds is 3. The number of nitrogens with two attached hydrogens (primary N) is 1. The average Bonchev–Trinajstić information content (AvgIpc) is 2.55. The number of hydrogen-bond donors (Lipinski definition) is 1. The van der Waals surface area contributed by atoms with E-state index in [1.54, 1.807) is 6.20 Å². The lowest BCUT2D eigenvalue weighted by atomic mass is 10.3. The van der Waals surface area contributed by atoms with Crippen molar-refractivity contribution < 1.29 is 4.79 Å². The summed E-state index contributed by atoms with van der Waals surface area (Å²) < 4.78 is 0. The highest BCUT2D eigenvalue weighted by molar-refractivity contribution is 5.75. The van der Waals surface area contributed by atoms with E-state index in [4.69, 9.17) is 5.73 Å². The second-order valence-corrected chi connectivity index (χ2v) is 4.27. The zero-order valence-electron chi connectivity index (χ0n) is 9.88. The van der Waals surface area contributed by atoms with Crippen LogP contribution in [0.5, 0.6) is 0 Å². The Balaban J connectivity index is 1.94. The van der Waals surface area contributed by atoms with Crippen LogP contribution < -0.4 is 10.6 Å². The summed E-state index contributed by atoms with van der Waals surface area (Å²) in [7, 11) is 0. The van der Waals surface area contributed by atoms with Crippen molar-refractivity contribution in [3.05, 3.63) is 24.4 Å². The maximum atomic E-state index is 10.9. The summed E-state index contributed by atoms with van der Waals surface area (Å²) in [5, 5.41) is 0. The third-order valence-electron chi connectivity index (χ3n) is 2.94. The van der Waals surface area contributed by atoms with E-state index in [1.807, 2.05) is 18.2 Å². The molecule has 2 N–H and O–H groups in total. The van der Waals surface area contributed by atoms with Gasteiger partial charge in [-0.2, -0.15) is 0 Å². The summed E-state index contributed by atoms with van der Waals surface area (Å²) in [6.07, 6.45) is 2.84. The Morgan fingerprint density at radius 3 is 2.88 bits per heavy atom. The molecule has 5 nitrogen and oxygen atoms in total. The number of aromatic nitrogens is 1. The van der Waals surface area contributed by atoms with Crippen molar-refractivity contribution in [3.63, 3.8) is 0 Å². The third kappa shape index (κ3) is 3.42. The van der Waals surface area contributed by atoms with E-state index in [0.29, 0.717) is 6.54 Å². The molecule has 2 heterocycles. The lowest BCUT2D eigenvalue weighted by Crippen LogP contribution is -2.36. The molecule has 0 spiro atoms. The smallest absolute Gasteiger partial charge is 0.231 e. The summed E-state index contributed by atoms with van der Waals surface area (Å²) >= 11 is 0. The summed E-state index contributed by atoms with van der Waals surface area (Å²) in [6.45, 7) is 4.01. The molecule has 5 heteroatoms. The first-order chi connectivity index (χ1) is 8.25. The molecule has 1 aromatic rings. The van der Waals surface area contributed by atoms with Crippen LogP contribution in [0.3, 0.4) is 0 Å². The van der Waals surface area contributed by atoms with Crippen LogP contribution in [-0.2, 0) is 4.79 Å². The molecule has 1 aromatic heterocycles. The maximum absolute atomic E-state index is 10.9. The number of amides is 1. The monoisotopic (exact) mass is 234 g/mol. The van der Waals surface area contributed by atoms with Gasteiger partial charge in [0.25, 0.3) is 0 Å². The molecule has 92 valence electrons. The Labute approximate surface area is 101 Å². The highest BCUT2D eigenvalue weighted by Gasteiger charge is 2.16. The predicted molar refractivity (Wildman–Crippen MR) is 66.7 cm³/mol. The van der Waals surface area contributed by atoms with E-state index >= 15 is 0 Å². The average molecular weight is 234 g/mol. The molecule has 0 aromatic carbocycles. The number of hydrogen-bond acceptors (Lipinski definition) is 4. The topological polar surface area (TPSA) is 62.5 Å². The first-order valence-corrected chi connectivity index (χ1v) is 5.92. The molecule has 0 atom stereocenters. The molecule has 1 saturated heterocycles. The normalized spacial score (nSPS) is 17.8. The molecule has 1 aliphatic rings. The number of pyridine rings is 1. The van der Waals surface area contributed by atoms with Crippen LogP contribution in [0, 0.1) is 0 Å². The minimum Gasteiger partial charge on any atom is -0.369 e. The minimum absolute atomic E-state index is 0.253. The first kappa shape index (κ1) is 11.9. The largest absolute Gasteiger partial charge is 0.369 e. The van der Waals surface area contributed by atoms with E-state index in [1.165, 1.54) is 0 Å². The molecule has 0 saturated carbocycles. The van der Waals surface area contributed by atoms with Gasteiger partial charge >= 0.3 is 0 Å². The number of anilines is 1. The van der Waals surface area contributed by atoms with Crippen molar-refractivity contribution in [3.8, 4) is 0 Å². The molecule has 1 fully saturated rings. The summed E-state index contributed by atoms with van der Waals surface area (Å²) in [4.78, 5) is 19.6. The molecule has 17 heavy (non-hydrogen) atoms. The molecule has 0 bridgehead atoms. The lowest BCUT2D eigenvalue weighted by Gasteiger charge is -2.21. The lowest BCUT2D eigenvalue weighted by molar-refractivity contribution is -0.119. The Morgan fingerprint density at radius 1 is 1.29 bits per heavy atom. The molecule has 0 unspecified atom stereocenters. The Hall–Kier alpha value is -1.62. The van der Waals surface area contributed by atoms with Gasteiger partial charge in [0.2, 0.25) is 5.91 Å². The molecule has 1 aliphatic heterocycles. The summed E-state index contributed by atoms with van der Waals surface area (Å²) in [5.41, 5.74) is 5.21. The molecular formula is C12H18N4O. The van der Waals surface area contributed by atoms with Crippen molar-refractivity contribution in [1.82, 2.24) is 9.88 Å². The quantitative estimate of drug-likeness (QED) is 0.804. The van der Waals surface area contributed by atoms with Gasteiger partial charge < -0.3 is 10.6 Å². The van der Waals surface area contributed by atoms with Gasteiger partial charge in [0, 0.05) is 32.4 Å². The highest BCUT2D eigenvalue weighted by Crippen LogP contribution is 2.12. The molecular weight excluding hydrogens is 216 g/mol. The van der Waals surface area contributed by atoms with E-state index in [-0.39, 0.29) is 5.91 Å². The maximum Gasteiger partial charge on any atom is 0.231 e. The van der Waals surface area contributed by atoms with Crippen molar-refractivity contribution in [2.24, 2.45) is 5.73 Å². The van der Waals surface area contributed by atoms with E-state index in [9.17, 15) is 4.79 Å². The molecule has 1 amide bonds. The van der Waals surface area contributed by atoms with E-state index in [0.717, 1.165) is 38.4 Å². The second-order valence-electron chi connectivity index (χ2n) is 4.27. The van der Waals surface area contributed by atoms with Gasteiger partial charge in [-0.15, -0.1) is 0 Å². The SMILES string of the molecule is NC(=O)CN1CCCN(c2ccccn2)CC1. The number of primary amides is 1. The van der Waals surface area contributed by atoms with E-state index < -0.39 is 0 Å². The van der Waals surface area contributed by atoms with Crippen molar-refractivity contribution in [2.45, 2.75) is 6.42 Å². The van der Waals surface area contributed by atoms with Crippen LogP contribution in [0.1, 0.15) is 6.42 Å². The second kappa shape index (κ2) is 5.63. The van der Waals surface area contributed by atoms with Crippen LogP contribution >= 0.6 is 0 Å². The van der Waals surface area contributed by atoms with Gasteiger partial charge in [0.05, 0.1) is 6.54 Å². The van der Waals surface area contributed by atoms with Crippen LogP contribution in [-0.4, -0.2) is 48.5 Å². The fourth-order valence-corrected chi connectivity index (χ4v) is 2.12. The number of carbonyl (C=O) groups excluding carboxylic acids is 1. The minimum atomic E-state index is -0.253. The van der Waals surface area contributed by atoms with Gasteiger partial charge in [-0.05, 0) is 18.6 Å². The van der Waals surface area contributed by atoms with Gasteiger partial charge in [-0.1, -0.05) is 6.07 Å². The summed E-state index contributed by atoms with van der Waals surface area (Å²) in [6, 6.07) is 5.93. The van der Waals surface area contributed by atoms with Crippen LogP contribution in [0.15, 0.2) is 24.4 Å². The standard InChI is InChI=1S/C12H18N4O/c13-11(17)10-15-6-3-7-16(9-8-15)12-4-1-2-5-14-12/h1-2,4-5H,3,6-10H2,(H2,13,17). The van der Waals surface area contributed by atoms with Crippen molar-refractivity contribution >= 4 is 11.7 Å². The zero-order chi connectivity index (χ0) is 12.1. The molecule has 0 aliphatic carbocycles. The third-order valence-corrected chi connectivity index (χ3v) is 2.94. The van der Waals surface area contributed by atoms with Crippen molar-refractivity contribution in [1.29, 1.82) is 0 Å². The van der Waals surface area contributed by atoms with Gasteiger partial charge in [0.1, 0.15) is 5.82 Å². The molecule has 0 radical (unpaired) electrons. The van der Waals surface area contributed by atoms with Gasteiger partial charge in [-0.3, -0.25) is 9.69 Å².